The van der Waals surface area contributed by atoms with Crippen molar-refractivity contribution < 1.29 is 4.79 Å². The summed E-state index contributed by atoms with van der Waals surface area (Å²) < 4.78 is 1.89. The summed E-state index contributed by atoms with van der Waals surface area (Å²) in [4.78, 5) is 14.6. The molecule has 1 atom stereocenters. The average molecular weight is 328 g/mol. The topological polar surface area (TPSA) is 50.2 Å². The molecule has 1 heterocycles. The molecule has 0 aliphatic carbocycles. The van der Waals surface area contributed by atoms with Gasteiger partial charge in [0.05, 0.1) is 17.8 Å². The predicted octanol–water partition coefficient (Wildman–Crippen LogP) is 2.94. The summed E-state index contributed by atoms with van der Waals surface area (Å²) in [7, 11) is 4.06. The molecule has 0 bridgehead atoms. The number of nitrogens with zero attached hydrogens (tertiary/aromatic N) is 3. The number of hydrogen-bond donors (Lipinski definition) is 1. The van der Waals surface area contributed by atoms with Crippen LogP contribution in [0.4, 0.5) is 0 Å². The first-order valence-electron chi connectivity index (χ1n) is 8.47. The predicted molar refractivity (Wildman–Crippen MR) is 97.2 cm³/mol. The molecule has 5 nitrogen and oxygen atoms in total. The second-order valence-electron chi connectivity index (χ2n) is 6.47. The molecule has 1 aromatic heterocycles. The van der Waals surface area contributed by atoms with Crippen LogP contribution in [0.3, 0.4) is 0 Å². The Labute approximate surface area is 144 Å². The van der Waals surface area contributed by atoms with Crippen LogP contribution in [0.1, 0.15) is 46.6 Å². The van der Waals surface area contributed by atoms with Crippen LogP contribution in [-0.2, 0) is 6.54 Å². The quantitative estimate of drug-likeness (QED) is 0.850. The first-order valence-corrected chi connectivity index (χ1v) is 8.47. The number of aromatic nitrogens is 2. The van der Waals surface area contributed by atoms with Crippen LogP contribution in [-0.4, -0.2) is 41.2 Å². The number of carbonyl (C=O) groups excluding carboxylic acids is 1. The van der Waals surface area contributed by atoms with Crippen molar-refractivity contribution in [1.82, 2.24) is 20.0 Å². The van der Waals surface area contributed by atoms with Gasteiger partial charge in [-0.25, -0.2) is 0 Å². The van der Waals surface area contributed by atoms with Gasteiger partial charge in [0.2, 0.25) is 0 Å². The Morgan fingerprint density at radius 2 is 1.92 bits per heavy atom. The van der Waals surface area contributed by atoms with Crippen molar-refractivity contribution in [3.8, 4) is 0 Å². The summed E-state index contributed by atoms with van der Waals surface area (Å²) in [6.45, 7) is 7.52. The number of rotatable bonds is 7. The van der Waals surface area contributed by atoms with Crippen molar-refractivity contribution in [2.45, 2.75) is 39.8 Å². The van der Waals surface area contributed by atoms with Gasteiger partial charge in [-0.05, 0) is 39.9 Å². The lowest BCUT2D eigenvalue weighted by atomic mass is 10.0. The first-order chi connectivity index (χ1) is 11.4. The molecule has 1 N–H and O–H groups in total. The van der Waals surface area contributed by atoms with E-state index in [-0.39, 0.29) is 11.9 Å². The minimum atomic E-state index is -0.0613. The number of carbonyl (C=O) groups is 1. The van der Waals surface area contributed by atoms with E-state index in [4.69, 9.17) is 0 Å². The zero-order valence-corrected chi connectivity index (χ0v) is 15.3. The van der Waals surface area contributed by atoms with E-state index in [1.807, 2.05) is 25.7 Å². The Morgan fingerprint density at radius 3 is 2.50 bits per heavy atom. The third-order valence-electron chi connectivity index (χ3n) is 4.32. The van der Waals surface area contributed by atoms with Gasteiger partial charge in [0.1, 0.15) is 0 Å². The second-order valence-corrected chi connectivity index (χ2v) is 6.47. The third kappa shape index (κ3) is 4.23. The van der Waals surface area contributed by atoms with E-state index in [0.717, 1.165) is 18.7 Å². The summed E-state index contributed by atoms with van der Waals surface area (Å²) >= 11 is 0. The molecule has 0 saturated heterocycles. The summed E-state index contributed by atoms with van der Waals surface area (Å²) in [5.41, 5.74) is 4.01. The van der Waals surface area contributed by atoms with Gasteiger partial charge < -0.3 is 10.2 Å². The maximum absolute atomic E-state index is 12.5. The highest BCUT2D eigenvalue weighted by Gasteiger charge is 2.18. The largest absolute Gasteiger partial charge is 0.350 e. The zero-order valence-electron chi connectivity index (χ0n) is 15.3. The lowest BCUT2D eigenvalue weighted by Crippen LogP contribution is -2.34. The van der Waals surface area contributed by atoms with Crippen molar-refractivity contribution in [1.29, 1.82) is 0 Å². The normalized spacial score (nSPS) is 12.4. The zero-order chi connectivity index (χ0) is 17.7. The van der Waals surface area contributed by atoms with Gasteiger partial charge in [-0.15, -0.1) is 0 Å². The van der Waals surface area contributed by atoms with Gasteiger partial charge >= 0.3 is 0 Å². The summed E-state index contributed by atoms with van der Waals surface area (Å²) in [6.07, 6.45) is 2.66. The maximum atomic E-state index is 12.5. The molecule has 5 heteroatoms. The first kappa shape index (κ1) is 18.2. The summed E-state index contributed by atoms with van der Waals surface area (Å²) in [5.74, 6) is -0.0613. The van der Waals surface area contributed by atoms with Crippen molar-refractivity contribution in [3.05, 3.63) is 52.8 Å². The van der Waals surface area contributed by atoms with Crippen LogP contribution in [0.2, 0.25) is 0 Å². The maximum Gasteiger partial charge on any atom is 0.254 e. The van der Waals surface area contributed by atoms with Crippen LogP contribution in [0.25, 0.3) is 0 Å². The molecule has 130 valence electrons. The minimum absolute atomic E-state index is 0.0613. The fraction of sp³-hybridized carbons (Fsp3) is 0.474. The monoisotopic (exact) mass is 328 g/mol. The molecule has 1 aromatic carbocycles. The highest BCUT2D eigenvalue weighted by atomic mass is 16.1. The van der Waals surface area contributed by atoms with Crippen LogP contribution >= 0.6 is 0 Å². The molecule has 0 radical (unpaired) electrons. The second kappa shape index (κ2) is 8.11. The van der Waals surface area contributed by atoms with Gasteiger partial charge in [0.15, 0.2) is 0 Å². The van der Waals surface area contributed by atoms with Gasteiger partial charge in [0.25, 0.3) is 5.91 Å². The number of benzene rings is 1. The molecule has 2 aromatic rings. The smallest absolute Gasteiger partial charge is 0.254 e. The lowest BCUT2D eigenvalue weighted by Gasteiger charge is -2.25. The van der Waals surface area contributed by atoms with E-state index in [1.54, 1.807) is 6.20 Å². The number of nitrogens with one attached hydrogen (secondary N) is 1. The lowest BCUT2D eigenvalue weighted by molar-refractivity contribution is 0.0941. The number of amides is 1. The van der Waals surface area contributed by atoms with Crippen molar-refractivity contribution in [3.63, 3.8) is 0 Å². The molecular formula is C19H28N4O. The van der Waals surface area contributed by atoms with Crippen molar-refractivity contribution in [2.24, 2.45) is 0 Å². The molecule has 0 saturated carbocycles. The van der Waals surface area contributed by atoms with Gasteiger partial charge in [-0.1, -0.05) is 36.8 Å². The number of hydrogen-bond acceptors (Lipinski definition) is 3. The number of likely N-dealkylation sites (N-methyl/N-ethyl adjacent to an activating group) is 1. The van der Waals surface area contributed by atoms with E-state index in [1.165, 1.54) is 11.1 Å². The molecule has 0 aliphatic heterocycles. The van der Waals surface area contributed by atoms with Crippen molar-refractivity contribution in [2.75, 3.05) is 20.6 Å². The van der Waals surface area contributed by atoms with E-state index in [2.05, 4.69) is 53.4 Å². The Hall–Kier alpha value is -2.14. The van der Waals surface area contributed by atoms with Gasteiger partial charge in [-0.2, -0.15) is 5.10 Å². The molecule has 2 rings (SSSR count). The van der Waals surface area contributed by atoms with E-state index < -0.39 is 0 Å². The third-order valence-corrected chi connectivity index (χ3v) is 4.32. The molecule has 24 heavy (non-hydrogen) atoms. The molecule has 0 fully saturated rings. The molecule has 0 spiro atoms. The van der Waals surface area contributed by atoms with E-state index in [9.17, 15) is 4.79 Å². The Morgan fingerprint density at radius 1 is 1.25 bits per heavy atom. The Bertz CT molecular complexity index is 673. The Kier molecular flexibility index (Phi) is 6.15. The summed E-state index contributed by atoms with van der Waals surface area (Å²) in [5, 5.41) is 7.36. The van der Waals surface area contributed by atoms with Crippen LogP contribution in [0.5, 0.6) is 0 Å². The van der Waals surface area contributed by atoms with E-state index >= 15 is 0 Å². The van der Waals surface area contributed by atoms with Gasteiger partial charge in [-0.3, -0.25) is 9.48 Å². The number of aryl methyl sites for hydroxylation is 2. The Balaban J connectivity index is 2.06. The highest BCUT2D eigenvalue weighted by molar-refractivity contribution is 5.95. The van der Waals surface area contributed by atoms with Crippen LogP contribution in [0, 0.1) is 13.8 Å². The molecule has 0 aliphatic rings. The summed E-state index contributed by atoms with van der Waals surface area (Å²) in [6, 6.07) is 8.59. The fourth-order valence-electron chi connectivity index (χ4n) is 2.78. The minimum Gasteiger partial charge on any atom is -0.350 e. The molecule has 0 unspecified atom stereocenters. The van der Waals surface area contributed by atoms with Gasteiger partial charge in [0, 0.05) is 18.8 Å². The van der Waals surface area contributed by atoms with Crippen LogP contribution < -0.4 is 5.32 Å². The standard InChI is InChI=1S/C19H28N4O/c1-6-11-23-15(3)17(12-21-23)19(24)20-13-18(22(4)5)16-9-7-14(2)8-10-16/h7-10,12,18H,6,11,13H2,1-5H3,(H,20,24)/t18-/m0/s1. The molecule has 1 amide bonds. The molecular weight excluding hydrogens is 300 g/mol. The highest BCUT2D eigenvalue weighted by Crippen LogP contribution is 2.18. The van der Waals surface area contributed by atoms with Crippen LogP contribution in [0.15, 0.2) is 30.5 Å². The fourth-order valence-corrected chi connectivity index (χ4v) is 2.78. The SMILES string of the molecule is CCCn1ncc(C(=O)NC[C@@H](c2ccc(C)cc2)N(C)C)c1C. The van der Waals surface area contributed by atoms with Crippen molar-refractivity contribution >= 4 is 5.91 Å². The average Bonchev–Trinajstić information content (AvgIpc) is 2.90. The van der Waals surface area contributed by atoms with E-state index in [0.29, 0.717) is 12.1 Å².